The normalized spacial score (nSPS) is 15.9. The minimum atomic E-state index is 0.169. The first-order valence-corrected chi connectivity index (χ1v) is 7.49. The van der Waals surface area contributed by atoms with Gasteiger partial charge in [-0.15, -0.1) is 11.3 Å². The van der Waals surface area contributed by atoms with E-state index < -0.39 is 0 Å². The summed E-state index contributed by atoms with van der Waals surface area (Å²) >= 11 is 3.63. The molecule has 1 aliphatic carbocycles. The molecule has 0 amide bonds. The van der Waals surface area contributed by atoms with Crippen LogP contribution in [-0.4, -0.2) is 15.8 Å². The Bertz CT molecular complexity index is 320. The van der Waals surface area contributed by atoms with Gasteiger partial charge in [-0.3, -0.25) is 0 Å². The number of rotatable bonds is 6. The van der Waals surface area contributed by atoms with Crippen molar-refractivity contribution in [2.45, 2.75) is 44.5 Å². The van der Waals surface area contributed by atoms with Crippen LogP contribution < -0.4 is 0 Å². The number of hydrogen-bond donors (Lipinski definition) is 1. The third-order valence-electron chi connectivity index (χ3n) is 2.45. The quantitative estimate of drug-likeness (QED) is 0.779. The predicted octanol–water partition coefficient (Wildman–Crippen LogP) is 3.16. The van der Waals surface area contributed by atoms with Crippen LogP contribution in [0.5, 0.6) is 0 Å². The summed E-state index contributed by atoms with van der Waals surface area (Å²) in [5, 5.41) is 10.4. The Labute approximate surface area is 99.1 Å². The van der Waals surface area contributed by atoms with Gasteiger partial charge in [-0.05, 0) is 25.0 Å². The van der Waals surface area contributed by atoms with Crippen LogP contribution in [0.1, 0.15) is 47.7 Å². The van der Waals surface area contributed by atoms with E-state index in [1.54, 1.807) is 11.3 Å². The number of hydrogen-bond acceptors (Lipinski definition) is 4. The van der Waals surface area contributed by atoms with Gasteiger partial charge in [0, 0.05) is 11.7 Å². The van der Waals surface area contributed by atoms with Crippen molar-refractivity contribution in [2.24, 2.45) is 0 Å². The first-order valence-electron chi connectivity index (χ1n) is 5.52. The van der Waals surface area contributed by atoms with Crippen molar-refractivity contribution in [1.29, 1.82) is 0 Å². The molecule has 4 heteroatoms. The Morgan fingerprint density at radius 3 is 2.93 bits per heavy atom. The summed E-state index contributed by atoms with van der Waals surface area (Å²) in [6.07, 6.45) is 3.74. The van der Waals surface area contributed by atoms with Crippen molar-refractivity contribution >= 4 is 23.1 Å². The molecule has 1 aromatic rings. The third kappa shape index (κ3) is 2.95. The molecule has 0 spiro atoms. The van der Waals surface area contributed by atoms with Crippen molar-refractivity contribution in [2.75, 3.05) is 5.75 Å². The Morgan fingerprint density at radius 1 is 1.53 bits per heavy atom. The second-order valence-corrected chi connectivity index (χ2v) is 6.17. The summed E-state index contributed by atoms with van der Waals surface area (Å²) in [6.45, 7) is 2.37. The van der Waals surface area contributed by atoms with E-state index in [-0.39, 0.29) is 6.61 Å². The first-order chi connectivity index (χ1) is 7.35. The molecule has 0 aliphatic heterocycles. The maximum Gasteiger partial charge on any atom is 0.103 e. The molecule has 0 bridgehead atoms. The molecule has 0 radical (unpaired) electrons. The standard InChI is InChI=1S/C11H17NOS2/c1-2-5-14-7-10-12-11(8-3-4-8)9(6-13)15-10/h8,13H,2-7H2,1H3. The van der Waals surface area contributed by atoms with Crippen LogP contribution in [0.3, 0.4) is 0 Å². The molecule has 0 unspecified atom stereocenters. The van der Waals surface area contributed by atoms with E-state index in [9.17, 15) is 5.11 Å². The summed E-state index contributed by atoms with van der Waals surface area (Å²) in [5.74, 6) is 2.87. The Morgan fingerprint density at radius 2 is 2.33 bits per heavy atom. The van der Waals surface area contributed by atoms with Gasteiger partial charge in [0.2, 0.25) is 0 Å². The molecule has 2 nitrogen and oxygen atoms in total. The summed E-state index contributed by atoms with van der Waals surface area (Å²) in [7, 11) is 0. The zero-order valence-electron chi connectivity index (χ0n) is 9.03. The average molecular weight is 243 g/mol. The van der Waals surface area contributed by atoms with Crippen molar-refractivity contribution in [1.82, 2.24) is 4.98 Å². The largest absolute Gasteiger partial charge is 0.391 e. The number of aromatic nitrogens is 1. The first kappa shape index (κ1) is 11.4. The number of thiazole rings is 1. The van der Waals surface area contributed by atoms with E-state index >= 15 is 0 Å². The van der Waals surface area contributed by atoms with Crippen LogP contribution in [0.25, 0.3) is 0 Å². The molecule has 84 valence electrons. The van der Waals surface area contributed by atoms with Crippen molar-refractivity contribution < 1.29 is 5.11 Å². The van der Waals surface area contributed by atoms with E-state index in [0.717, 1.165) is 10.6 Å². The summed E-state index contributed by atoms with van der Waals surface area (Å²) in [4.78, 5) is 5.75. The molecule has 1 saturated carbocycles. The van der Waals surface area contributed by atoms with Crippen LogP contribution in [0.2, 0.25) is 0 Å². The number of aliphatic hydroxyl groups is 1. The number of nitrogens with zero attached hydrogens (tertiary/aromatic N) is 1. The van der Waals surface area contributed by atoms with Crippen LogP contribution in [0, 0.1) is 0 Å². The monoisotopic (exact) mass is 243 g/mol. The molecule has 1 heterocycles. The van der Waals surface area contributed by atoms with Crippen molar-refractivity contribution in [3.05, 3.63) is 15.6 Å². The second-order valence-electron chi connectivity index (χ2n) is 3.90. The minimum absolute atomic E-state index is 0.169. The van der Waals surface area contributed by atoms with Gasteiger partial charge in [-0.25, -0.2) is 4.98 Å². The van der Waals surface area contributed by atoms with Crippen LogP contribution >= 0.6 is 23.1 Å². The third-order valence-corrected chi connectivity index (χ3v) is 4.87. The van der Waals surface area contributed by atoms with Gasteiger partial charge in [-0.1, -0.05) is 6.92 Å². The molecule has 1 N–H and O–H groups in total. The van der Waals surface area contributed by atoms with Gasteiger partial charge >= 0.3 is 0 Å². The van der Waals surface area contributed by atoms with E-state index in [1.165, 1.54) is 35.7 Å². The van der Waals surface area contributed by atoms with E-state index in [4.69, 9.17) is 0 Å². The lowest BCUT2D eigenvalue weighted by molar-refractivity contribution is 0.284. The number of aliphatic hydroxyl groups excluding tert-OH is 1. The van der Waals surface area contributed by atoms with E-state index in [0.29, 0.717) is 5.92 Å². The summed E-state index contributed by atoms with van der Waals surface area (Å²) in [6, 6.07) is 0. The lowest BCUT2D eigenvalue weighted by Gasteiger charge is -1.94. The maximum absolute atomic E-state index is 9.24. The van der Waals surface area contributed by atoms with Gasteiger partial charge in [0.1, 0.15) is 5.01 Å². The minimum Gasteiger partial charge on any atom is -0.391 e. The van der Waals surface area contributed by atoms with Gasteiger partial charge in [0.15, 0.2) is 0 Å². The van der Waals surface area contributed by atoms with E-state index in [2.05, 4.69) is 11.9 Å². The highest BCUT2D eigenvalue weighted by Gasteiger charge is 2.29. The van der Waals surface area contributed by atoms with Gasteiger partial charge in [0.25, 0.3) is 0 Å². The van der Waals surface area contributed by atoms with Crippen LogP contribution in [-0.2, 0) is 12.4 Å². The predicted molar refractivity (Wildman–Crippen MR) is 66.5 cm³/mol. The van der Waals surface area contributed by atoms with Crippen LogP contribution in [0.15, 0.2) is 0 Å². The molecular weight excluding hydrogens is 226 g/mol. The fraction of sp³-hybridized carbons (Fsp3) is 0.727. The fourth-order valence-corrected chi connectivity index (χ4v) is 3.54. The smallest absolute Gasteiger partial charge is 0.103 e. The van der Waals surface area contributed by atoms with Crippen molar-refractivity contribution in [3.63, 3.8) is 0 Å². The highest BCUT2D eigenvalue weighted by atomic mass is 32.2. The fourth-order valence-electron chi connectivity index (χ4n) is 1.57. The van der Waals surface area contributed by atoms with E-state index in [1.807, 2.05) is 11.8 Å². The van der Waals surface area contributed by atoms with Gasteiger partial charge in [-0.2, -0.15) is 11.8 Å². The maximum atomic E-state index is 9.24. The van der Waals surface area contributed by atoms with Gasteiger partial charge in [0.05, 0.1) is 17.2 Å². The molecule has 0 aromatic carbocycles. The Hall–Kier alpha value is -0.0600. The highest BCUT2D eigenvalue weighted by molar-refractivity contribution is 7.98. The second kappa shape index (κ2) is 5.32. The Kier molecular flexibility index (Phi) is 4.05. The zero-order valence-corrected chi connectivity index (χ0v) is 10.7. The SMILES string of the molecule is CCCSCc1nc(C2CC2)c(CO)s1. The molecular formula is C11H17NOS2. The van der Waals surface area contributed by atoms with Crippen molar-refractivity contribution in [3.8, 4) is 0 Å². The molecule has 0 saturated heterocycles. The molecule has 1 fully saturated rings. The molecule has 0 atom stereocenters. The lowest BCUT2D eigenvalue weighted by Crippen LogP contribution is -1.87. The Balaban J connectivity index is 1.98. The zero-order chi connectivity index (χ0) is 10.7. The average Bonchev–Trinajstić information content (AvgIpc) is 3.01. The summed E-state index contributed by atoms with van der Waals surface area (Å²) in [5.41, 5.74) is 1.19. The van der Waals surface area contributed by atoms with Gasteiger partial charge < -0.3 is 5.11 Å². The molecule has 1 aromatic heterocycles. The number of thioether (sulfide) groups is 1. The molecule has 2 rings (SSSR count). The lowest BCUT2D eigenvalue weighted by atomic mass is 10.2. The summed E-state index contributed by atoms with van der Waals surface area (Å²) < 4.78 is 0. The molecule has 1 aliphatic rings. The molecule has 15 heavy (non-hydrogen) atoms. The highest BCUT2D eigenvalue weighted by Crippen LogP contribution is 2.43. The van der Waals surface area contributed by atoms with Crippen LogP contribution in [0.4, 0.5) is 0 Å². The topological polar surface area (TPSA) is 33.1 Å².